The fourth-order valence-electron chi connectivity index (χ4n) is 5.91. The van der Waals surface area contributed by atoms with Gasteiger partial charge in [0.05, 0.1) is 40.0 Å². The van der Waals surface area contributed by atoms with Crippen molar-refractivity contribution in [1.82, 2.24) is 4.57 Å². The van der Waals surface area contributed by atoms with E-state index in [9.17, 15) is 10.5 Å². The number of fused-ring (bicyclic) bond motifs is 3. The van der Waals surface area contributed by atoms with E-state index in [2.05, 4.69) is 137 Å². The first kappa shape index (κ1) is 28.0. The minimum absolute atomic E-state index is 0.0253. The molecule has 0 atom stereocenters. The van der Waals surface area contributed by atoms with E-state index in [4.69, 9.17) is 0 Å². The van der Waals surface area contributed by atoms with Crippen molar-refractivity contribution in [3.8, 4) is 40.1 Å². The molecule has 0 saturated carbocycles. The van der Waals surface area contributed by atoms with Crippen LogP contribution in [0.15, 0.2) is 103 Å². The number of nitrogens with zero attached hydrogens (tertiary/aromatic N) is 3. The van der Waals surface area contributed by atoms with E-state index in [0.717, 1.165) is 39.0 Å². The van der Waals surface area contributed by atoms with E-state index in [1.807, 2.05) is 12.1 Å². The fraction of sp³-hybridized carbons (Fsp3) is 0.200. The molecule has 0 unspecified atom stereocenters. The van der Waals surface area contributed by atoms with Crippen LogP contribution in [0.4, 0.5) is 0 Å². The van der Waals surface area contributed by atoms with Crippen LogP contribution in [0.3, 0.4) is 0 Å². The van der Waals surface area contributed by atoms with Crippen LogP contribution in [0.5, 0.6) is 0 Å². The molecule has 0 amide bonds. The van der Waals surface area contributed by atoms with E-state index in [0.29, 0.717) is 11.1 Å². The van der Waals surface area contributed by atoms with Crippen LogP contribution in [0.2, 0.25) is 0 Å². The molecule has 3 heteroatoms. The maximum Gasteiger partial charge on any atom is 0.0998 e. The molecule has 0 fully saturated rings. The summed E-state index contributed by atoms with van der Waals surface area (Å²) in [7, 11) is 0. The average Bonchev–Trinajstić information content (AvgIpc) is 3.33. The van der Waals surface area contributed by atoms with Crippen molar-refractivity contribution in [2.75, 3.05) is 0 Å². The van der Waals surface area contributed by atoms with E-state index in [-0.39, 0.29) is 10.8 Å². The van der Waals surface area contributed by atoms with Crippen LogP contribution in [-0.2, 0) is 10.8 Å². The standard InChI is InChI=1S/C40H35N3/c1-39(2,3)30-15-18-37-34(22-30)35-23-31(40(4,5)6)16-19-38(35)43(37)36-17-14-28(21-33(36)27-10-8-7-9-11-27)32-20-26(24-41)12-13-29(32)25-42/h7-23H,1-6H3. The summed E-state index contributed by atoms with van der Waals surface area (Å²) in [6, 6.07) is 40.3. The Morgan fingerprint density at radius 3 is 1.67 bits per heavy atom. The minimum atomic E-state index is 0.0253. The lowest BCUT2D eigenvalue weighted by Gasteiger charge is -2.20. The molecule has 1 aromatic heterocycles. The summed E-state index contributed by atoms with van der Waals surface area (Å²) < 4.78 is 2.38. The maximum absolute atomic E-state index is 9.89. The molecule has 0 aliphatic carbocycles. The van der Waals surface area contributed by atoms with E-state index < -0.39 is 0 Å². The van der Waals surface area contributed by atoms with Gasteiger partial charge in [-0.2, -0.15) is 10.5 Å². The SMILES string of the molecule is CC(C)(C)c1ccc2c(c1)c1cc(C(C)(C)C)ccc1n2-c1ccc(-c2cc(C#N)ccc2C#N)cc1-c1ccccc1. The molecule has 210 valence electrons. The monoisotopic (exact) mass is 557 g/mol. The predicted octanol–water partition coefficient (Wildman–Crippen LogP) is 10.5. The third-order valence-corrected chi connectivity index (χ3v) is 8.40. The second kappa shape index (κ2) is 10.3. The van der Waals surface area contributed by atoms with Crippen molar-refractivity contribution >= 4 is 21.8 Å². The van der Waals surface area contributed by atoms with Crippen molar-refractivity contribution in [2.45, 2.75) is 52.4 Å². The van der Waals surface area contributed by atoms with Crippen LogP contribution in [0.1, 0.15) is 63.8 Å². The van der Waals surface area contributed by atoms with Gasteiger partial charge in [-0.05, 0) is 87.7 Å². The quantitative estimate of drug-likeness (QED) is 0.217. The highest BCUT2D eigenvalue weighted by molar-refractivity contribution is 6.10. The maximum atomic E-state index is 9.89. The van der Waals surface area contributed by atoms with Crippen LogP contribution in [0, 0.1) is 22.7 Å². The molecule has 3 nitrogen and oxygen atoms in total. The number of rotatable bonds is 3. The zero-order valence-corrected chi connectivity index (χ0v) is 25.7. The Labute approximate surface area is 254 Å². The Morgan fingerprint density at radius 1 is 0.535 bits per heavy atom. The summed E-state index contributed by atoms with van der Waals surface area (Å²) in [4.78, 5) is 0. The van der Waals surface area contributed by atoms with Crippen LogP contribution >= 0.6 is 0 Å². The molecule has 1 heterocycles. The van der Waals surface area contributed by atoms with Crippen LogP contribution in [-0.4, -0.2) is 4.57 Å². The summed E-state index contributed by atoms with van der Waals surface area (Å²) >= 11 is 0. The highest BCUT2D eigenvalue weighted by Crippen LogP contribution is 2.41. The average molecular weight is 558 g/mol. The Kier molecular flexibility index (Phi) is 6.71. The van der Waals surface area contributed by atoms with Crippen LogP contribution in [0.25, 0.3) is 49.7 Å². The lowest BCUT2D eigenvalue weighted by atomic mass is 9.85. The van der Waals surface area contributed by atoms with Gasteiger partial charge in [0, 0.05) is 21.9 Å². The van der Waals surface area contributed by atoms with Crippen molar-refractivity contribution in [1.29, 1.82) is 10.5 Å². The van der Waals surface area contributed by atoms with Gasteiger partial charge in [-0.1, -0.05) is 90.1 Å². The topological polar surface area (TPSA) is 52.5 Å². The zero-order valence-electron chi connectivity index (χ0n) is 25.7. The first-order valence-corrected chi connectivity index (χ1v) is 14.7. The molecule has 0 bridgehead atoms. The summed E-state index contributed by atoms with van der Waals surface area (Å²) in [6.07, 6.45) is 0. The Morgan fingerprint density at radius 2 is 1.14 bits per heavy atom. The van der Waals surface area contributed by atoms with Crippen LogP contribution < -0.4 is 0 Å². The van der Waals surface area contributed by atoms with Crippen molar-refractivity contribution in [3.05, 3.63) is 125 Å². The van der Waals surface area contributed by atoms with Gasteiger partial charge in [0.25, 0.3) is 0 Å². The van der Waals surface area contributed by atoms with Crippen molar-refractivity contribution in [3.63, 3.8) is 0 Å². The van der Waals surface area contributed by atoms with Gasteiger partial charge in [-0.15, -0.1) is 0 Å². The van der Waals surface area contributed by atoms with Gasteiger partial charge in [-0.3, -0.25) is 0 Å². The second-order valence-electron chi connectivity index (χ2n) is 13.4. The molecular weight excluding hydrogens is 522 g/mol. The van der Waals surface area contributed by atoms with Gasteiger partial charge < -0.3 is 4.57 Å². The number of benzene rings is 5. The number of hydrogen-bond acceptors (Lipinski definition) is 2. The third kappa shape index (κ3) is 4.98. The normalized spacial score (nSPS) is 11.9. The van der Waals surface area contributed by atoms with Gasteiger partial charge in [-0.25, -0.2) is 0 Å². The molecule has 0 saturated heterocycles. The summed E-state index contributed by atoms with van der Waals surface area (Å²) in [6.45, 7) is 13.6. The first-order chi connectivity index (χ1) is 20.5. The lowest BCUT2D eigenvalue weighted by Crippen LogP contribution is -2.10. The summed E-state index contributed by atoms with van der Waals surface area (Å²) in [5.41, 5.74) is 10.9. The molecule has 6 rings (SSSR count). The molecule has 6 aromatic rings. The molecule has 0 aliphatic rings. The van der Waals surface area contributed by atoms with Gasteiger partial charge in [0.15, 0.2) is 0 Å². The largest absolute Gasteiger partial charge is 0.309 e. The highest BCUT2D eigenvalue weighted by Gasteiger charge is 2.22. The lowest BCUT2D eigenvalue weighted by molar-refractivity contribution is 0.590. The zero-order chi connectivity index (χ0) is 30.5. The Bertz CT molecular complexity index is 2030. The number of hydrogen-bond donors (Lipinski definition) is 0. The minimum Gasteiger partial charge on any atom is -0.309 e. The fourth-order valence-corrected chi connectivity index (χ4v) is 5.91. The molecule has 0 N–H and O–H groups in total. The molecule has 0 spiro atoms. The Hall–Kier alpha value is -5.12. The number of nitriles is 2. The predicted molar refractivity (Wildman–Crippen MR) is 178 cm³/mol. The van der Waals surface area contributed by atoms with E-state index in [1.54, 1.807) is 12.1 Å². The third-order valence-electron chi connectivity index (χ3n) is 8.40. The molecule has 5 aromatic carbocycles. The van der Waals surface area contributed by atoms with Gasteiger partial charge in [0.2, 0.25) is 0 Å². The summed E-state index contributed by atoms with van der Waals surface area (Å²) in [5.74, 6) is 0. The molecule has 43 heavy (non-hydrogen) atoms. The molecule has 0 radical (unpaired) electrons. The van der Waals surface area contributed by atoms with E-state index in [1.165, 1.54) is 21.9 Å². The van der Waals surface area contributed by atoms with Gasteiger partial charge in [0.1, 0.15) is 0 Å². The second-order valence-corrected chi connectivity index (χ2v) is 13.4. The smallest absolute Gasteiger partial charge is 0.0998 e. The van der Waals surface area contributed by atoms with Crippen molar-refractivity contribution < 1.29 is 0 Å². The molecule has 0 aliphatic heterocycles. The molecular formula is C40H35N3. The van der Waals surface area contributed by atoms with E-state index >= 15 is 0 Å². The van der Waals surface area contributed by atoms with Crippen molar-refractivity contribution in [2.24, 2.45) is 0 Å². The number of aromatic nitrogens is 1. The first-order valence-electron chi connectivity index (χ1n) is 14.7. The Balaban J connectivity index is 1.70. The van der Waals surface area contributed by atoms with Gasteiger partial charge >= 0.3 is 0 Å². The summed E-state index contributed by atoms with van der Waals surface area (Å²) in [5, 5.41) is 22.0. The highest BCUT2D eigenvalue weighted by atomic mass is 15.0.